The topological polar surface area (TPSA) is 0 Å². The van der Waals surface area contributed by atoms with Crippen LogP contribution in [-0.4, -0.2) is 0 Å². The third-order valence-electron chi connectivity index (χ3n) is 0. The molecule has 0 aliphatic carbocycles. The molecule has 0 aromatic heterocycles. The van der Waals surface area contributed by atoms with Gasteiger partial charge in [0, 0.05) is 0 Å². The summed E-state index contributed by atoms with van der Waals surface area (Å²) in [7, 11) is 0. The van der Waals surface area contributed by atoms with Gasteiger partial charge >= 0.3 is 27.6 Å². The van der Waals surface area contributed by atoms with E-state index in [-0.39, 0.29) is 49.8 Å². The van der Waals surface area contributed by atoms with Crippen LogP contribution in [0, 0.1) is 0 Å². The number of hydrogen-bond acceptors (Lipinski definition) is 0. The van der Waals surface area contributed by atoms with Gasteiger partial charge in [0.2, 0.25) is 0 Å². The Morgan fingerprint density at radius 1 is 1.00 bits per heavy atom. The van der Waals surface area contributed by atoms with Crippen molar-refractivity contribution >= 4 is 24.8 Å². The Labute approximate surface area is 52.4 Å². The van der Waals surface area contributed by atoms with Crippen molar-refractivity contribution in [2.75, 3.05) is 0 Å². The summed E-state index contributed by atoms with van der Waals surface area (Å²) in [6, 6.07) is 0. The molecule has 27 valence electrons. The Balaban J connectivity index is -0.00000000500. The minimum absolute atomic E-state index is 0. The van der Waals surface area contributed by atoms with Crippen LogP contribution in [0.15, 0.2) is 0 Å². The van der Waals surface area contributed by atoms with Gasteiger partial charge < -0.3 is 0 Å². The maximum absolute atomic E-state index is 9.64. The van der Waals surface area contributed by atoms with Crippen molar-refractivity contribution in [3.63, 3.8) is 0 Å². The molecule has 0 aliphatic rings. The normalized spacial score (nSPS) is 1.00. The van der Waals surface area contributed by atoms with Crippen LogP contribution in [0.1, 0.15) is 0 Å². The Morgan fingerprint density at radius 2 is 1.00 bits per heavy atom. The molecule has 0 heterocycles. The van der Waals surface area contributed by atoms with E-state index in [2.05, 4.69) is 0 Å². The van der Waals surface area contributed by atoms with E-state index in [4.69, 9.17) is 0 Å². The second-order valence-corrected chi connectivity index (χ2v) is 0. The van der Waals surface area contributed by atoms with Crippen LogP contribution in [0.2, 0.25) is 0 Å². The average molecular weight is 270 g/mol. The van der Waals surface area contributed by atoms with Crippen molar-refractivity contribution in [2.24, 2.45) is 0 Å². The summed E-state index contributed by atoms with van der Waals surface area (Å²) in [4.78, 5) is 0. The summed E-state index contributed by atoms with van der Waals surface area (Å²) < 4.78 is 9.64. The fraction of sp³-hybridized carbons (Fsp3) is 0. The van der Waals surface area contributed by atoms with E-state index >= 15 is 0 Å². The molecule has 0 saturated carbocycles. The van der Waals surface area contributed by atoms with Gasteiger partial charge in [0.25, 0.3) is 0 Å². The standard InChI is InChI=1S/2ClH.FH.Hf/h3*1H;/q;;;+1/p-1. The van der Waals surface area contributed by atoms with Crippen molar-refractivity contribution in [3.8, 4) is 0 Å². The van der Waals surface area contributed by atoms with Crippen molar-refractivity contribution in [2.45, 2.75) is 0 Å². The molecule has 0 radical (unpaired) electrons. The maximum atomic E-state index is 9.64. The molecule has 0 spiro atoms. The van der Waals surface area contributed by atoms with E-state index < -0.39 is 0 Å². The third kappa shape index (κ3) is 10.1. The number of rotatable bonds is 0. The molecule has 0 amide bonds. The van der Waals surface area contributed by atoms with Crippen LogP contribution >= 0.6 is 24.8 Å². The number of halogens is 3. The van der Waals surface area contributed by atoms with Crippen LogP contribution in [0.5, 0.6) is 0 Å². The van der Waals surface area contributed by atoms with Crippen molar-refractivity contribution in [3.05, 3.63) is 0 Å². The molecular formula is H2Cl2FHf. The average Bonchev–Trinajstić information content (AvgIpc) is 1.00. The van der Waals surface area contributed by atoms with E-state index in [1.807, 2.05) is 0 Å². The third-order valence-corrected chi connectivity index (χ3v) is 0. The first-order chi connectivity index (χ1) is 1.00. The molecule has 0 unspecified atom stereocenters. The Morgan fingerprint density at radius 3 is 1.00 bits per heavy atom. The van der Waals surface area contributed by atoms with E-state index in [9.17, 15) is 2.66 Å². The van der Waals surface area contributed by atoms with Gasteiger partial charge in [-0.05, 0) is 0 Å². The van der Waals surface area contributed by atoms with Gasteiger partial charge in [-0.1, -0.05) is 0 Å². The van der Waals surface area contributed by atoms with Gasteiger partial charge in [-0.25, -0.2) is 0 Å². The zero-order valence-electron chi connectivity index (χ0n) is 1.69. The second-order valence-electron chi connectivity index (χ2n) is 0. The predicted octanol–water partition coefficient (Wildman–Crippen LogP) is 1.26. The van der Waals surface area contributed by atoms with E-state index in [0.29, 0.717) is 0 Å². The van der Waals surface area contributed by atoms with Gasteiger partial charge in [-0.2, -0.15) is 0 Å². The van der Waals surface area contributed by atoms with Crippen LogP contribution in [-0.2, 0) is 25.0 Å². The summed E-state index contributed by atoms with van der Waals surface area (Å²) in [5.41, 5.74) is 0. The molecule has 0 aromatic rings. The Kier molecular flexibility index (Phi) is 120. The van der Waals surface area contributed by atoms with E-state index in [0.717, 1.165) is 0 Å². The van der Waals surface area contributed by atoms with Gasteiger partial charge in [-0.3, -0.25) is 0 Å². The first-order valence-corrected chi connectivity index (χ1v) is 1.55. The molecule has 0 fully saturated rings. The van der Waals surface area contributed by atoms with Crippen LogP contribution in [0.3, 0.4) is 0 Å². The monoisotopic (exact) mass is 271 g/mol. The molecule has 4 heavy (non-hydrogen) atoms. The van der Waals surface area contributed by atoms with Crippen LogP contribution in [0.4, 0.5) is 2.66 Å². The SMILES string of the molecule is Cl.Cl.[F][Hf]. The Hall–Kier alpha value is 1.38. The summed E-state index contributed by atoms with van der Waals surface area (Å²) >= 11 is -0.194. The first kappa shape index (κ1) is 18.2. The van der Waals surface area contributed by atoms with Crippen LogP contribution in [0.25, 0.3) is 0 Å². The minimum atomic E-state index is -0.194. The summed E-state index contributed by atoms with van der Waals surface area (Å²) in [5.74, 6) is 0. The summed E-state index contributed by atoms with van der Waals surface area (Å²) in [6.07, 6.45) is 0. The van der Waals surface area contributed by atoms with Crippen molar-refractivity contribution in [1.29, 1.82) is 0 Å². The van der Waals surface area contributed by atoms with Gasteiger partial charge in [-0.15, -0.1) is 24.8 Å². The zero-order valence-corrected chi connectivity index (χ0v) is 6.92. The summed E-state index contributed by atoms with van der Waals surface area (Å²) in [6.45, 7) is 0. The molecule has 0 atom stereocenters. The fourth-order valence-corrected chi connectivity index (χ4v) is 0. The molecule has 0 aliphatic heterocycles. The van der Waals surface area contributed by atoms with Crippen molar-refractivity contribution in [1.82, 2.24) is 0 Å². The molecule has 0 nitrogen and oxygen atoms in total. The molecule has 0 rings (SSSR count). The van der Waals surface area contributed by atoms with E-state index in [1.165, 1.54) is 0 Å². The van der Waals surface area contributed by atoms with E-state index in [1.54, 1.807) is 0 Å². The van der Waals surface area contributed by atoms with Crippen molar-refractivity contribution < 1.29 is 27.6 Å². The van der Waals surface area contributed by atoms with Gasteiger partial charge in [0.15, 0.2) is 0 Å². The Bertz CT molecular complexity index is 6.00. The van der Waals surface area contributed by atoms with Gasteiger partial charge in [0.05, 0.1) is 0 Å². The first-order valence-electron chi connectivity index (χ1n) is 0.189. The summed E-state index contributed by atoms with van der Waals surface area (Å²) in [5, 5.41) is 0. The fourth-order valence-electron chi connectivity index (χ4n) is 0. The predicted molar refractivity (Wildman–Crippen MR) is 15.6 cm³/mol. The van der Waals surface area contributed by atoms with Gasteiger partial charge in [0.1, 0.15) is 0 Å². The molecule has 0 saturated heterocycles. The number of hydrogen-bond donors (Lipinski definition) is 0. The molecule has 0 bridgehead atoms. The molecule has 0 aromatic carbocycles. The molecule has 0 N–H and O–H groups in total. The zero-order chi connectivity index (χ0) is 2.00. The quantitative estimate of drug-likeness (QED) is 0.581. The second kappa shape index (κ2) is 26.3. The molecule has 4 heteroatoms. The molecular weight excluding hydrogens is 268 g/mol. The van der Waals surface area contributed by atoms with Crippen LogP contribution < -0.4 is 0 Å².